The predicted molar refractivity (Wildman–Crippen MR) is 101 cm³/mol. The number of ketones is 1. The number of hydrogen-bond acceptors (Lipinski definition) is 4. The number of Topliss-reactive ketones (excluding diaryl/α,β-unsaturated/α-hetero) is 1. The van der Waals surface area contributed by atoms with Crippen molar-refractivity contribution in [2.24, 2.45) is 0 Å². The van der Waals surface area contributed by atoms with Crippen molar-refractivity contribution in [3.05, 3.63) is 41.6 Å². The van der Waals surface area contributed by atoms with Gasteiger partial charge in [-0.3, -0.25) is 4.79 Å². The zero-order valence-electron chi connectivity index (χ0n) is 15.7. The molecule has 7 heteroatoms. The average molecular weight is 378 g/mol. The van der Waals surface area contributed by atoms with E-state index in [0.29, 0.717) is 30.0 Å². The molecule has 6 nitrogen and oxygen atoms in total. The number of nitrogens with one attached hydrogen (secondary N) is 1. The Hall–Kier alpha value is -2.15. The number of benzene rings is 1. The summed E-state index contributed by atoms with van der Waals surface area (Å²) in [5, 5.41) is 0. The second-order valence-electron chi connectivity index (χ2n) is 7.26. The Morgan fingerprint density at radius 2 is 1.81 bits per heavy atom. The maximum atomic E-state index is 12.3. The molecule has 1 N–H and O–H groups in total. The lowest BCUT2D eigenvalue weighted by Crippen LogP contribution is -2.37. The third-order valence-corrected chi connectivity index (χ3v) is 4.88. The molecule has 142 valence electrons. The van der Waals surface area contributed by atoms with Crippen LogP contribution in [0.25, 0.3) is 0 Å². The van der Waals surface area contributed by atoms with Crippen LogP contribution in [0.1, 0.15) is 39.2 Å². The molecule has 0 radical (unpaired) electrons. The van der Waals surface area contributed by atoms with Crippen LogP contribution < -0.4 is 4.72 Å². The smallest absolute Gasteiger partial charge is 0.410 e. The van der Waals surface area contributed by atoms with Gasteiger partial charge in [-0.1, -0.05) is 17.7 Å². The van der Waals surface area contributed by atoms with Crippen LogP contribution in [0.2, 0.25) is 0 Å². The fourth-order valence-corrected chi connectivity index (χ4v) is 3.19. The Bertz CT molecular complexity index is 720. The van der Waals surface area contributed by atoms with Crippen molar-refractivity contribution >= 4 is 22.9 Å². The van der Waals surface area contributed by atoms with Crippen molar-refractivity contribution in [1.29, 1.82) is 0 Å². The minimum Gasteiger partial charge on any atom is -0.444 e. The lowest BCUT2D eigenvalue weighted by Gasteiger charge is -2.26. The number of carbonyl (C=O) groups is 2. The summed E-state index contributed by atoms with van der Waals surface area (Å²) in [4.78, 5) is 26.6. The van der Waals surface area contributed by atoms with E-state index in [9.17, 15) is 13.8 Å². The van der Waals surface area contributed by atoms with E-state index < -0.39 is 22.7 Å². The maximum absolute atomic E-state index is 12.3. The zero-order valence-corrected chi connectivity index (χ0v) is 16.5. The number of hydrogen-bond donors (Lipinski definition) is 1. The van der Waals surface area contributed by atoms with Crippen LogP contribution in [-0.2, 0) is 20.5 Å². The minimum atomic E-state index is -1.43. The standard InChI is InChI=1S/C19H26N2O4S/c1-14-5-7-16(8-6-14)26(24)20-13-15-9-11-21(12-10-17(15)22)18(23)25-19(2,3)4/h5-8,13,20H,9-12H2,1-4H3/b15-13+. The molecule has 1 aromatic rings. The van der Waals surface area contributed by atoms with Gasteiger partial charge < -0.3 is 14.4 Å². The summed E-state index contributed by atoms with van der Waals surface area (Å²) in [6.07, 6.45) is 1.72. The van der Waals surface area contributed by atoms with Crippen LogP contribution in [-0.4, -0.2) is 39.7 Å². The molecule has 0 aromatic heterocycles. The molecule has 0 spiro atoms. The second-order valence-corrected chi connectivity index (χ2v) is 8.50. The van der Waals surface area contributed by atoms with E-state index >= 15 is 0 Å². The van der Waals surface area contributed by atoms with Crippen LogP contribution in [0.3, 0.4) is 0 Å². The first-order chi connectivity index (χ1) is 12.2. The Labute approximate surface area is 157 Å². The first-order valence-corrected chi connectivity index (χ1v) is 9.75. The monoisotopic (exact) mass is 378 g/mol. The summed E-state index contributed by atoms with van der Waals surface area (Å²) in [7, 11) is -1.43. The SMILES string of the molecule is Cc1ccc(S(=O)N/C=C2\CCN(C(=O)OC(C)(C)C)CCC2=O)cc1. The number of aryl methyl sites for hydroxylation is 1. The highest BCUT2D eigenvalue weighted by Gasteiger charge is 2.26. The van der Waals surface area contributed by atoms with Crippen molar-refractivity contribution in [2.75, 3.05) is 13.1 Å². The summed E-state index contributed by atoms with van der Waals surface area (Å²) in [6.45, 7) is 8.11. The topological polar surface area (TPSA) is 75.7 Å². The molecule has 1 heterocycles. The van der Waals surface area contributed by atoms with Gasteiger partial charge >= 0.3 is 6.09 Å². The summed E-state index contributed by atoms with van der Waals surface area (Å²) in [6, 6.07) is 7.35. The average Bonchev–Trinajstić information content (AvgIpc) is 2.73. The molecule has 1 aliphatic heterocycles. The Morgan fingerprint density at radius 1 is 1.19 bits per heavy atom. The molecule has 1 amide bonds. The molecule has 26 heavy (non-hydrogen) atoms. The number of carbonyl (C=O) groups excluding carboxylic acids is 2. The molecule has 0 saturated carbocycles. The van der Waals surface area contributed by atoms with Crippen molar-refractivity contribution in [3.63, 3.8) is 0 Å². The van der Waals surface area contributed by atoms with E-state index in [1.54, 1.807) is 17.0 Å². The van der Waals surface area contributed by atoms with E-state index in [4.69, 9.17) is 4.74 Å². The highest BCUT2D eigenvalue weighted by molar-refractivity contribution is 7.83. The molecule has 1 atom stereocenters. The molecule has 1 aromatic carbocycles. The molecule has 1 saturated heterocycles. The summed E-state index contributed by atoms with van der Waals surface area (Å²) >= 11 is 0. The van der Waals surface area contributed by atoms with Gasteiger partial charge in [-0.05, 0) is 46.2 Å². The van der Waals surface area contributed by atoms with Gasteiger partial charge in [0.05, 0.1) is 4.90 Å². The van der Waals surface area contributed by atoms with Crippen LogP contribution in [0.5, 0.6) is 0 Å². The van der Waals surface area contributed by atoms with Crippen molar-refractivity contribution in [2.45, 2.75) is 51.0 Å². The fraction of sp³-hybridized carbons (Fsp3) is 0.474. The van der Waals surface area contributed by atoms with E-state index in [2.05, 4.69) is 4.72 Å². The molecular formula is C19H26N2O4S. The third kappa shape index (κ3) is 5.98. The van der Waals surface area contributed by atoms with Crippen LogP contribution >= 0.6 is 0 Å². The summed E-state index contributed by atoms with van der Waals surface area (Å²) in [5.41, 5.74) is 1.06. The van der Waals surface area contributed by atoms with Gasteiger partial charge in [0, 0.05) is 31.3 Å². The van der Waals surface area contributed by atoms with Gasteiger partial charge in [0.15, 0.2) is 5.78 Å². The highest BCUT2D eigenvalue weighted by Crippen LogP contribution is 2.17. The van der Waals surface area contributed by atoms with Crippen LogP contribution in [0.4, 0.5) is 4.79 Å². The van der Waals surface area contributed by atoms with Crippen molar-refractivity contribution in [3.8, 4) is 0 Å². The third-order valence-electron chi connectivity index (χ3n) is 3.84. The van der Waals surface area contributed by atoms with Gasteiger partial charge in [0.25, 0.3) is 0 Å². The van der Waals surface area contributed by atoms with Crippen LogP contribution in [0.15, 0.2) is 40.9 Å². The van der Waals surface area contributed by atoms with Crippen LogP contribution in [0, 0.1) is 6.92 Å². The highest BCUT2D eigenvalue weighted by atomic mass is 32.2. The minimum absolute atomic E-state index is 0.0514. The Kier molecular flexibility index (Phi) is 6.58. The lowest BCUT2D eigenvalue weighted by molar-refractivity contribution is -0.115. The van der Waals surface area contributed by atoms with E-state index in [-0.39, 0.29) is 12.2 Å². The van der Waals surface area contributed by atoms with Crippen molar-refractivity contribution in [1.82, 2.24) is 9.62 Å². The summed E-state index contributed by atoms with van der Waals surface area (Å²) in [5.74, 6) is -0.0514. The van der Waals surface area contributed by atoms with Gasteiger partial charge in [0.2, 0.25) is 0 Å². The number of rotatable bonds is 3. The lowest BCUT2D eigenvalue weighted by atomic mass is 10.1. The van der Waals surface area contributed by atoms with Gasteiger partial charge in [0.1, 0.15) is 16.6 Å². The number of nitrogens with zero attached hydrogens (tertiary/aromatic N) is 1. The number of amides is 1. The largest absolute Gasteiger partial charge is 0.444 e. The Morgan fingerprint density at radius 3 is 2.42 bits per heavy atom. The molecule has 0 bridgehead atoms. The Balaban J connectivity index is 1.98. The molecule has 0 aliphatic carbocycles. The molecule has 1 unspecified atom stereocenters. The molecule has 1 fully saturated rings. The quantitative estimate of drug-likeness (QED) is 0.820. The fourth-order valence-electron chi connectivity index (χ4n) is 2.42. The molecular weight excluding hydrogens is 352 g/mol. The first kappa shape index (κ1) is 20.2. The second kappa shape index (κ2) is 8.49. The zero-order chi connectivity index (χ0) is 19.3. The van der Waals surface area contributed by atoms with E-state index in [1.807, 2.05) is 39.8 Å². The van der Waals surface area contributed by atoms with E-state index in [1.165, 1.54) is 6.20 Å². The number of ether oxygens (including phenoxy) is 1. The normalized spacial score (nSPS) is 18.4. The number of likely N-dealkylation sites (tertiary alicyclic amines) is 1. The summed E-state index contributed by atoms with van der Waals surface area (Å²) < 4.78 is 20.4. The predicted octanol–water partition coefficient (Wildman–Crippen LogP) is 3.09. The molecule has 2 rings (SSSR count). The van der Waals surface area contributed by atoms with Gasteiger partial charge in [-0.2, -0.15) is 0 Å². The van der Waals surface area contributed by atoms with E-state index in [0.717, 1.165) is 5.56 Å². The first-order valence-electron chi connectivity index (χ1n) is 8.60. The molecule has 1 aliphatic rings. The van der Waals surface area contributed by atoms with Gasteiger partial charge in [-0.15, -0.1) is 0 Å². The maximum Gasteiger partial charge on any atom is 0.410 e. The van der Waals surface area contributed by atoms with Crippen molar-refractivity contribution < 1.29 is 18.5 Å². The van der Waals surface area contributed by atoms with Gasteiger partial charge in [-0.25, -0.2) is 9.00 Å².